The first-order chi connectivity index (χ1) is 18.9. The Kier molecular flexibility index (Phi) is 10.2. The highest BCUT2D eigenvalue weighted by Crippen LogP contribution is 2.43. The van der Waals surface area contributed by atoms with Crippen molar-refractivity contribution in [2.75, 3.05) is 26.8 Å². The molecule has 4 rings (SSSR count). The molecule has 5 nitrogen and oxygen atoms in total. The molecule has 6 heteroatoms. The third-order valence-corrected chi connectivity index (χ3v) is 8.38. The molecule has 0 unspecified atom stereocenters. The maximum absolute atomic E-state index is 13.5. The molecule has 2 atom stereocenters. The van der Waals surface area contributed by atoms with Crippen LogP contribution in [0.1, 0.15) is 70.3 Å². The summed E-state index contributed by atoms with van der Waals surface area (Å²) >= 11 is 6.83. The van der Waals surface area contributed by atoms with E-state index in [0.717, 1.165) is 47.9 Å². The monoisotopic (exact) mass is 548 g/mol. The second-order valence-corrected chi connectivity index (χ2v) is 11.2. The maximum atomic E-state index is 13.5. The molecule has 1 saturated heterocycles. The molecule has 1 aliphatic heterocycles. The number of benzene rings is 3. The Bertz CT molecular complexity index is 1250. The van der Waals surface area contributed by atoms with Gasteiger partial charge < -0.3 is 20.5 Å². The number of piperidine rings is 1. The molecule has 3 aromatic carbocycles. The third kappa shape index (κ3) is 7.09. The lowest BCUT2D eigenvalue weighted by molar-refractivity contribution is -0.0583. The lowest BCUT2D eigenvalue weighted by Crippen LogP contribution is -2.48. The molecule has 0 radical (unpaired) electrons. The molecule has 208 valence electrons. The Balaban J connectivity index is 1.66. The van der Waals surface area contributed by atoms with Crippen molar-refractivity contribution in [2.45, 2.75) is 57.6 Å². The van der Waals surface area contributed by atoms with Crippen molar-refractivity contribution < 1.29 is 14.6 Å². The van der Waals surface area contributed by atoms with Gasteiger partial charge in [0.2, 0.25) is 0 Å². The van der Waals surface area contributed by atoms with Crippen LogP contribution in [0.25, 0.3) is 0 Å². The number of hydrogen-bond acceptors (Lipinski definition) is 4. The van der Waals surface area contributed by atoms with Gasteiger partial charge >= 0.3 is 0 Å². The molecular weight excluding hydrogens is 508 g/mol. The number of likely N-dealkylation sites (tertiary alicyclic amines) is 1. The number of halogens is 1. The van der Waals surface area contributed by atoms with E-state index in [1.54, 1.807) is 7.11 Å². The van der Waals surface area contributed by atoms with Crippen molar-refractivity contribution in [2.24, 2.45) is 11.7 Å². The topological polar surface area (TPSA) is 75.8 Å². The fourth-order valence-electron chi connectivity index (χ4n) is 5.89. The Hall–Kier alpha value is -2.70. The number of carbonyl (C=O) groups excluding carboxylic acids is 1. The van der Waals surface area contributed by atoms with Gasteiger partial charge in [-0.25, -0.2) is 0 Å². The number of hydrogen-bond donors (Lipinski definition) is 2. The molecular formula is C33H41ClN2O3. The molecule has 1 amide bonds. The minimum absolute atomic E-state index is 0.00363. The van der Waals surface area contributed by atoms with Crippen molar-refractivity contribution in [1.29, 1.82) is 0 Å². The molecule has 0 spiro atoms. The molecule has 1 fully saturated rings. The number of ether oxygens (including phenoxy) is 1. The first-order valence-electron chi connectivity index (χ1n) is 14.0. The van der Waals surface area contributed by atoms with Gasteiger partial charge in [-0.05, 0) is 85.9 Å². The molecule has 0 bridgehead atoms. The van der Waals surface area contributed by atoms with Gasteiger partial charge in [-0.1, -0.05) is 65.7 Å². The molecule has 3 aromatic rings. The fraction of sp³-hybridized carbons (Fsp3) is 0.424. The first kappa shape index (κ1) is 29.3. The molecule has 1 heterocycles. The van der Waals surface area contributed by atoms with E-state index in [1.165, 1.54) is 5.56 Å². The summed E-state index contributed by atoms with van der Waals surface area (Å²) < 4.78 is 5.29. The molecule has 39 heavy (non-hydrogen) atoms. The first-order valence-corrected chi connectivity index (χ1v) is 14.4. The van der Waals surface area contributed by atoms with E-state index in [4.69, 9.17) is 22.1 Å². The smallest absolute Gasteiger partial charge is 0.253 e. The average molecular weight is 549 g/mol. The Morgan fingerprint density at radius 2 is 1.87 bits per heavy atom. The normalized spacial score (nSPS) is 17.2. The minimum Gasteiger partial charge on any atom is -0.385 e. The number of nitrogens with two attached hydrogens (primary N) is 1. The fourth-order valence-corrected chi connectivity index (χ4v) is 6.13. The van der Waals surface area contributed by atoms with E-state index in [-0.39, 0.29) is 11.8 Å². The maximum Gasteiger partial charge on any atom is 0.253 e. The number of aliphatic hydroxyl groups is 1. The van der Waals surface area contributed by atoms with Gasteiger partial charge in [0.25, 0.3) is 5.91 Å². The largest absolute Gasteiger partial charge is 0.385 e. The van der Waals surface area contributed by atoms with Crippen LogP contribution in [0.4, 0.5) is 0 Å². The zero-order valence-corrected chi connectivity index (χ0v) is 23.9. The van der Waals surface area contributed by atoms with Gasteiger partial charge in [0.1, 0.15) is 0 Å². The van der Waals surface area contributed by atoms with Crippen LogP contribution in [0.5, 0.6) is 0 Å². The zero-order valence-electron chi connectivity index (χ0n) is 23.2. The summed E-state index contributed by atoms with van der Waals surface area (Å²) in [6.07, 6.45) is 4.56. The molecule has 1 aliphatic rings. The summed E-state index contributed by atoms with van der Waals surface area (Å²) in [4.78, 5) is 15.4. The number of amides is 1. The number of aryl methyl sites for hydroxylation is 1. The second-order valence-electron chi connectivity index (χ2n) is 10.8. The number of carbonyl (C=O) groups is 1. The summed E-state index contributed by atoms with van der Waals surface area (Å²) in [6.45, 7) is 4.35. The summed E-state index contributed by atoms with van der Waals surface area (Å²) in [6, 6.07) is 21.8. The van der Waals surface area contributed by atoms with Gasteiger partial charge in [-0.3, -0.25) is 4.79 Å². The number of methoxy groups -OCH3 is 1. The van der Waals surface area contributed by atoms with Crippen molar-refractivity contribution in [3.8, 4) is 0 Å². The van der Waals surface area contributed by atoms with Crippen LogP contribution in [-0.2, 0) is 23.3 Å². The quantitative estimate of drug-likeness (QED) is 0.277. The van der Waals surface area contributed by atoms with E-state index < -0.39 is 5.60 Å². The van der Waals surface area contributed by atoms with E-state index in [9.17, 15) is 9.90 Å². The van der Waals surface area contributed by atoms with Crippen molar-refractivity contribution in [1.82, 2.24) is 4.90 Å². The van der Waals surface area contributed by atoms with Crippen LogP contribution in [0.15, 0.2) is 66.7 Å². The van der Waals surface area contributed by atoms with Crippen LogP contribution in [0.3, 0.4) is 0 Å². The Morgan fingerprint density at radius 1 is 1.10 bits per heavy atom. The molecule has 0 aliphatic carbocycles. The summed E-state index contributed by atoms with van der Waals surface area (Å²) in [7, 11) is 1.70. The lowest BCUT2D eigenvalue weighted by Gasteiger charge is -2.44. The van der Waals surface area contributed by atoms with Crippen LogP contribution in [-0.4, -0.2) is 42.7 Å². The van der Waals surface area contributed by atoms with E-state index in [2.05, 4.69) is 31.2 Å². The van der Waals surface area contributed by atoms with Crippen molar-refractivity contribution in [3.63, 3.8) is 0 Å². The zero-order chi connectivity index (χ0) is 27.8. The molecule has 0 saturated carbocycles. The highest BCUT2D eigenvalue weighted by Gasteiger charge is 2.42. The molecule has 0 aromatic heterocycles. The lowest BCUT2D eigenvalue weighted by atomic mass is 9.72. The standard InChI is InChI=1S/C33H41ClN2O3/c1-24-8-5-9-26(20-24)21-29-30(11-6-12-31(29)34)33(38,17-3-4-19-39-2)28-10-7-18-36(23-28)32(37)27-15-13-25(22-35)14-16-27/h5-6,8-9,11-16,20,28,38H,3-4,7,10,17-19,21-23,35H2,1-2H3/t28-,33+/m1/s1. The minimum atomic E-state index is -1.12. The SMILES string of the molecule is COCCCC[C@@](O)(c1cccc(Cl)c1Cc1cccc(C)c1)[C@@H]1CCCN(C(=O)c2ccc(CN)cc2)C1. The van der Waals surface area contributed by atoms with Crippen LogP contribution >= 0.6 is 11.6 Å². The van der Waals surface area contributed by atoms with Crippen LogP contribution in [0, 0.1) is 12.8 Å². The average Bonchev–Trinajstić information content (AvgIpc) is 2.96. The molecule has 3 N–H and O–H groups in total. The summed E-state index contributed by atoms with van der Waals surface area (Å²) in [5.74, 6) is -0.119. The van der Waals surface area contributed by atoms with Gasteiger partial charge in [0.15, 0.2) is 0 Å². The van der Waals surface area contributed by atoms with Gasteiger partial charge in [0.05, 0.1) is 5.60 Å². The highest BCUT2D eigenvalue weighted by atomic mass is 35.5. The summed E-state index contributed by atoms with van der Waals surface area (Å²) in [5, 5.41) is 13.3. The number of unbranched alkanes of at least 4 members (excludes halogenated alkanes) is 1. The number of rotatable bonds is 11. The van der Waals surface area contributed by atoms with E-state index >= 15 is 0 Å². The Morgan fingerprint density at radius 3 is 2.59 bits per heavy atom. The van der Waals surface area contributed by atoms with E-state index in [1.807, 2.05) is 47.4 Å². The number of nitrogens with zero attached hydrogens (tertiary/aromatic N) is 1. The van der Waals surface area contributed by atoms with Crippen LogP contribution < -0.4 is 5.73 Å². The summed E-state index contributed by atoms with van der Waals surface area (Å²) in [5.41, 5.74) is 10.4. The highest BCUT2D eigenvalue weighted by molar-refractivity contribution is 6.31. The second kappa shape index (κ2) is 13.6. The predicted molar refractivity (Wildman–Crippen MR) is 158 cm³/mol. The van der Waals surface area contributed by atoms with Gasteiger partial charge in [-0.2, -0.15) is 0 Å². The van der Waals surface area contributed by atoms with Gasteiger partial charge in [0, 0.05) is 49.9 Å². The van der Waals surface area contributed by atoms with Crippen LogP contribution in [0.2, 0.25) is 5.02 Å². The Labute approximate surface area is 237 Å². The van der Waals surface area contributed by atoms with Gasteiger partial charge in [-0.15, -0.1) is 0 Å². The van der Waals surface area contributed by atoms with Crippen molar-refractivity contribution in [3.05, 3.63) is 105 Å². The third-order valence-electron chi connectivity index (χ3n) is 8.03. The van der Waals surface area contributed by atoms with E-state index in [0.29, 0.717) is 49.7 Å². The predicted octanol–water partition coefficient (Wildman–Crippen LogP) is 6.25. The van der Waals surface area contributed by atoms with Crippen molar-refractivity contribution >= 4 is 17.5 Å².